The summed E-state index contributed by atoms with van der Waals surface area (Å²) in [6.07, 6.45) is 0.491. The summed E-state index contributed by atoms with van der Waals surface area (Å²) in [6.45, 7) is 7.19. The van der Waals surface area contributed by atoms with Crippen LogP contribution in [0.1, 0.15) is 32.8 Å². The monoisotopic (exact) mass is 278 g/mol. The molecule has 0 saturated heterocycles. The number of benzene rings is 1. The van der Waals surface area contributed by atoms with E-state index in [9.17, 15) is 4.79 Å². The van der Waals surface area contributed by atoms with Crippen LogP contribution in [0.3, 0.4) is 0 Å². The summed E-state index contributed by atoms with van der Waals surface area (Å²) in [5, 5.41) is 0. The van der Waals surface area contributed by atoms with Crippen LogP contribution in [0.2, 0.25) is 0 Å². The summed E-state index contributed by atoms with van der Waals surface area (Å²) in [4.78, 5) is 14.3. The van der Waals surface area contributed by atoms with Crippen LogP contribution < -0.4 is 10.6 Å². The van der Waals surface area contributed by atoms with E-state index >= 15 is 0 Å². The summed E-state index contributed by atoms with van der Waals surface area (Å²) in [5.41, 5.74) is 7.59. The van der Waals surface area contributed by atoms with Gasteiger partial charge in [-0.1, -0.05) is 19.1 Å². The van der Waals surface area contributed by atoms with E-state index in [0.717, 1.165) is 11.3 Å². The van der Waals surface area contributed by atoms with Gasteiger partial charge >= 0.3 is 0 Å². The van der Waals surface area contributed by atoms with E-state index in [1.54, 1.807) is 7.11 Å². The molecule has 4 heteroatoms. The molecule has 0 bridgehead atoms. The first-order valence-electron chi connectivity index (χ1n) is 7.09. The van der Waals surface area contributed by atoms with Crippen molar-refractivity contribution in [3.8, 4) is 0 Å². The summed E-state index contributed by atoms with van der Waals surface area (Å²) < 4.78 is 5.10. The number of nitrogens with zero attached hydrogens (tertiary/aromatic N) is 1. The quantitative estimate of drug-likeness (QED) is 0.834. The highest BCUT2D eigenvalue weighted by Gasteiger charge is 2.20. The molecular weight excluding hydrogens is 252 g/mol. The maximum Gasteiger partial charge on any atom is 0.227 e. The number of rotatable bonds is 7. The van der Waals surface area contributed by atoms with Crippen molar-refractivity contribution >= 4 is 11.6 Å². The Bertz CT molecular complexity index is 415. The van der Waals surface area contributed by atoms with Crippen LogP contribution in [-0.2, 0) is 16.1 Å². The van der Waals surface area contributed by atoms with Gasteiger partial charge in [-0.2, -0.15) is 0 Å². The van der Waals surface area contributed by atoms with Crippen LogP contribution in [0.25, 0.3) is 0 Å². The highest BCUT2D eigenvalue weighted by molar-refractivity contribution is 5.94. The number of anilines is 1. The molecule has 4 nitrogen and oxygen atoms in total. The van der Waals surface area contributed by atoms with Crippen LogP contribution in [0.15, 0.2) is 24.3 Å². The van der Waals surface area contributed by atoms with E-state index in [4.69, 9.17) is 10.5 Å². The highest BCUT2D eigenvalue weighted by Crippen LogP contribution is 2.20. The van der Waals surface area contributed by atoms with Crippen molar-refractivity contribution in [3.05, 3.63) is 29.8 Å². The second kappa shape index (κ2) is 8.02. The van der Waals surface area contributed by atoms with Gasteiger partial charge in [-0.25, -0.2) is 0 Å². The van der Waals surface area contributed by atoms with Crippen LogP contribution in [0.5, 0.6) is 0 Å². The minimum absolute atomic E-state index is 0.126. The zero-order valence-electron chi connectivity index (χ0n) is 12.9. The Morgan fingerprint density at radius 2 is 1.85 bits per heavy atom. The third kappa shape index (κ3) is 4.62. The van der Waals surface area contributed by atoms with Gasteiger partial charge in [-0.05, 0) is 37.5 Å². The number of nitrogens with two attached hydrogens (primary N) is 1. The van der Waals surface area contributed by atoms with Crippen LogP contribution in [0, 0.1) is 5.92 Å². The molecule has 1 aromatic rings. The first-order chi connectivity index (χ1) is 9.49. The highest BCUT2D eigenvalue weighted by atomic mass is 16.5. The number of amides is 1. The summed E-state index contributed by atoms with van der Waals surface area (Å²) in [5.74, 6) is 0.349. The molecule has 1 aromatic carbocycles. The van der Waals surface area contributed by atoms with Crippen molar-refractivity contribution in [1.82, 2.24) is 0 Å². The van der Waals surface area contributed by atoms with Gasteiger partial charge in [0.05, 0.1) is 0 Å². The Kier molecular flexibility index (Phi) is 6.68. The molecule has 0 radical (unpaired) electrons. The molecule has 1 amide bonds. The van der Waals surface area contributed by atoms with Gasteiger partial charge in [-0.3, -0.25) is 4.79 Å². The van der Waals surface area contributed by atoms with Gasteiger partial charge in [0.2, 0.25) is 5.91 Å². The molecule has 0 aromatic heterocycles. The van der Waals surface area contributed by atoms with Crippen molar-refractivity contribution in [2.45, 2.75) is 39.8 Å². The van der Waals surface area contributed by atoms with Gasteiger partial charge in [-0.15, -0.1) is 0 Å². The topological polar surface area (TPSA) is 55.6 Å². The number of methoxy groups -OCH3 is 1. The molecule has 0 heterocycles. The van der Waals surface area contributed by atoms with E-state index in [1.807, 2.05) is 49.9 Å². The third-order valence-electron chi connectivity index (χ3n) is 3.21. The van der Waals surface area contributed by atoms with Gasteiger partial charge in [0.25, 0.3) is 0 Å². The van der Waals surface area contributed by atoms with Crippen molar-refractivity contribution in [3.63, 3.8) is 0 Å². The Hall–Kier alpha value is -1.39. The lowest BCUT2D eigenvalue weighted by Gasteiger charge is -2.28. The minimum Gasteiger partial charge on any atom is -0.384 e. The second-order valence-electron chi connectivity index (χ2n) is 5.49. The molecule has 1 unspecified atom stereocenters. The molecule has 112 valence electrons. The second-order valence-corrected chi connectivity index (χ2v) is 5.49. The number of hydrogen-bond donors (Lipinski definition) is 1. The first-order valence-corrected chi connectivity index (χ1v) is 7.09. The van der Waals surface area contributed by atoms with Gasteiger partial charge in [0, 0.05) is 38.4 Å². The van der Waals surface area contributed by atoms with E-state index in [0.29, 0.717) is 19.6 Å². The van der Waals surface area contributed by atoms with E-state index in [2.05, 4.69) is 0 Å². The first kappa shape index (κ1) is 16.7. The van der Waals surface area contributed by atoms with E-state index in [1.165, 1.54) is 0 Å². The van der Waals surface area contributed by atoms with Gasteiger partial charge < -0.3 is 15.4 Å². The molecule has 0 aliphatic heterocycles. The zero-order chi connectivity index (χ0) is 15.1. The summed E-state index contributed by atoms with van der Waals surface area (Å²) >= 11 is 0. The fourth-order valence-electron chi connectivity index (χ4n) is 2.26. The average molecular weight is 278 g/mol. The molecule has 0 aliphatic rings. The predicted molar refractivity (Wildman–Crippen MR) is 82.6 cm³/mol. The zero-order valence-corrected chi connectivity index (χ0v) is 12.9. The Balaban J connectivity index is 2.84. The number of hydrogen-bond acceptors (Lipinski definition) is 3. The van der Waals surface area contributed by atoms with Crippen molar-refractivity contribution in [1.29, 1.82) is 0 Å². The fourth-order valence-corrected chi connectivity index (χ4v) is 2.26. The number of carbonyl (C=O) groups is 1. The molecule has 20 heavy (non-hydrogen) atoms. The molecule has 0 aliphatic carbocycles. The SMILES string of the molecule is COCC(C)CC(=O)N(c1ccc(CN)cc1)C(C)C. The van der Waals surface area contributed by atoms with Crippen LogP contribution in [0.4, 0.5) is 5.69 Å². The minimum atomic E-state index is 0.126. The van der Waals surface area contributed by atoms with Crippen molar-refractivity contribution < 1.29 is 9.53 Å². The molecule has 1 atom stereocenters. The lowest BCUT2D eigenvalue weighted by Crippen LogP contribution is -2.38. The molecule has 0 spiro atoms. The standard InChI is InChI=1S/C16H26N2O2/c1-12(2)18(16(19)9-13(3)11-20-4)15-7-5-14(10-17)6-8-15/h5-8,12-13H,9-11,17H2,1-4H3. The van der Waals surface area contributed by atoms with E-state index < -0.39 is 0 Å². The lowest BCUT2D eigenvalue weighted by molar-refractivity contribution is -0.120. The van der Waals surface area contributed by atoms with E-state index in [-0.39, 0.29) is 17.9 Å². The molecule has 1 rings (SSSR count). The lowest BCUT2D eigenvalue weighted by atomic mass is 10.1. The molecule has 0 saturated carbocycles. The Morgan fingerprint density at radius 3 is 2.30 bits per heavy atom. The molecule has 0 fully saturated rings. The normalized spacial score (nSPS) is 12.5. The molecule has 2 N–H and O–H groups in total. The number of carbonyl (C=O) groups excluding carboxylic acids is 1. The average Bonchev–Trinajstić information content (AvgIpc) is 2.39. The third-order valence-corrected chi connectivity index (χ3v) is 3.21. The Labute approximate surface area is 121 Å². The molecular formula is C16H26N2O2. The van der Waals surface area contributed by atoms with Crippen LogP contribution in [-0.4, -0.2) is 25.7 Å². The van der Waals surface area contributed by atoms with Crippen molar-refractivity contribution in [2.75, 3.05) is 18.6 Å². The summed E-state index contributed by atoms with van der Waals surface area (Å²) in [7, 11) is 1.66. The fraction of sp³-hybridized carbons (Fsp3) is 0.562. The van der Waals surface area contributed by atoms with Gasteiger partial charge in [0.1, 0.15) is 0 Å². The maximum absolute atomic E-state index is 12.5. The van der Waals surface area contributed by atoms with Crippen LogP contribution >= 0.6 is 0 Å². The predicted octanol–water partition coefficient (Wildman–Crippen LogP) is 2.56. The largest absolute Gasteiger partial charge is 0.384 e. The van der Waals surface area contributed by atoms with Gasteiger partial charge in [0.15, 0.2) is 0 Å². The number of ether oxygens (including phenoxy) is 1. The Morgan fingerprint density at radius 1 is 1.25 bits per heavy atom. The smallest absolute Gasteiger partial charge is 0.227 e. The summed E-state index contributed by atoms with van der Waals surface area (Å²) in [6, 6.07) is 7.98. The van der Waals surface area contributed by atoms with Crippen molar-refractivity contribution in [2.24, 2.45) is 11.7 Å². The maximum atomic E-state index is 12.5.